The number of rotatable bonds is 2. The molecule has 1 aromatic carbocycles. The molecule has 1 aromatic rings. The van der Waals surface area contributed by atoms with Crippen molar-refractivity contribution >= 4 is 5.91 Å². The van der Waals surface area contributed by atoms with Crippen molar-refractivity contribution in [3.63, 3.8) is 0 Å². The zero-order valence-corrected chi connectivity index (χ0v) is 11.7. The van der Waals surface area contributed by atoms with Crippen LogP contribution in [-0.4, -0.2) is 23.9 Å². The summed E-state index contributed by atoms with van der Waals surface area (Å²) in [4.78, 5) is 13.9. The van der Waals surface area contributed by atoms with E-state index in [9.17, 15) is 9.18 Å². The van der Waals surface area contributed by atoms with Gasteiger partial charge < -0.3 is 10.6 Å². The minimum Gasteiger partial charge on any atom is -0.338 e. The van der Waals surface area contributed by atoms with Gasteiger partial charge in [-0.05, 0) is 36.6 Å². The van der Waals surface area contributed by atoms with Crippen LogP contribution in [0.25, 0.3) is 0 Å². The van der Waals surface area contributed by atoms with Crippen LogP contribution in [0.5, 0.6) is 0 Å². The summed E-state index contributed by atoms with van der Waals surface area (Å²) in [5.41, 5.74) is 6.69. The normalized spacial score (nSPS) is 18.6. The first-order valence-corrected chi connectivity index (χ1v) is 6.87. The maximum atomic E-state index is 13.6. The Bertz CT molecular complexity index is 559. The van der Waals surface area contributed by atoms with Crippen LogP contribution >= 0.6 is 0 Å². The molecule has 0 aromatic heterocycles. The third-order valence-corrected chi connectivity index (χ3v) is 3.46. The van der Waals surface area contributed by atoms with Gasteiger partial charge in [0, 0.05) is 24.6 Å². The Morgan fingerprint density at radius 2 is 2.25 bits per heavy atom. The molecule has 0 saturated carbocycles. The maximum Gasteiger partial charge on any atom is 0.225 e. The Balaban J connectivity index is 2.16. The number of carbonyl (C=O) groups excluding carboxylic acids is 1. The van der Waals surface area contributed by atoms with E-state index in [0.29, 0.717) is 12.1 Å². The number of benzene rings is 1. The molecule has 2 N–H and O–H groups in total. The number of nitrogens with two attached hydrogens (primary N) is 1. The van der Waals surface area contributed by atoms with Crippen molar-refractivity contribution < 1.29 is 9.18 Å². The van der Waals surface area contributed by atoms with Crippen molar-refractivity contribution in [2.24, 2.45) is 11.7 Å². The van der Waals surface area contributed by atoms with Crippen molar-refractivity contribution in [3.05, 3.63) is 35.1 Å². The summed E-state index contributed by atoms with van der Waals surface area (Å²) in [6, 6.07) is 4.66. The topological polar surface area (TPSA) is 46.3 Å². The lowest BCUT2D eigenvalue weighted by Gasteiger charge is -2.30. The highest BCUT2D eigenvalue weighted by molar-refractivity contribution is 5.79. The van der Waals surface area contributed by atoms with Gasteiger partial charge in [-0.15, -0.1) is 0 Å². The molecule has 1 atom stereocenters. The molecule has 1 saturated heterocycles. The summed E-state index contributed by atoms with van der Waals surface area (Å²) in [6.07, 6.45) is 1.94. The van der Waals surface area contributed by atoms with E-state index in [4.69, 9.17) is 5.73 Å². The van der Waals surface area contributed by atoms with Gasteiger partial charge in [-0.25, -0.2) is 4.39 Å². The van der Waals surface area contributed by atoms with Gasteiger partial charge in [0.05, 0.1) is 6.54 Å². The molecule has 1 unspecified atom stereocenters. The van der Waals surface area contributed by atoms with Crippen LogP contribution < -0.4 is 5.73 Å². The van der Waals surface area contributed by atoms with E-state index >= 15 is 0 Å². The third-order valence-electron chi connectivity index (χ3n) is 3.46. The molecule has 0 aliphatic carbocycles. The van der Waals surface area contributed by atoms with Crippen molar-refractivity contribution in [1.29, 1.82) is 0 Å². The molecule has 106 valence electrons. The van der Waals surface area contributed by atoms with Crippen LogP contribution in [0.4, 0.5) is 4.39 Å². The lowest BCUT2D eigenvalue weighted by Crippen LogP contribution is -2.39. The van der Waals surface area contributed by atoms with E-state index in [1.807, 2.05) is 13.0 Å². The van der Waals surface area contributed by atoms with Gasteiger partial charge in [0.15, 0.2) is 0 Å². The smallest absolute Gasteiger partial charge is 0.225 e. The second-order valence-electron chi connectivity index (χ2n) is 5.16. The van der Waals surface area contributed by atoms with Gasteiger partial charge in [0.2, 0.25) is 5.91 Å². The molecule has 2 rings (SSSR count). The number of amides is 1. The van der Waals surface area contributed by atoms with Gasteiger partial charge >= 0.3 is 0 Å². The molecule has 3 nitrogen and oxygen atoms in total. The van der Waals surface area contributed by atoms with Crippen LogP contribution in [0.3, 0.4) is 0 Å². The molecule has 1 fully saturated rings. The Morgan fingerprint density at radius 1 is 1.45 bits per heavy atom. The van der Waals surface area contributed by atoms with Crippen LogP contribution in [0.15, 0.2) is 18.2 Å². The molecule has 4 heteroatoms. The van der Waals surface area contributed by atoms with Crippen LogP contribution in [0.1, 0.15) is 30.9 Å². The molecule has 1 amide bonds. The number of piperidine rings is 1. The number of nitrogens with zero attached hydrogens (tertiary/aromatic N) is 1. The fourth-order valence-electron chi connectivity index (χ4n) is 2.48. The summed E-state index contributed by atoms with van der Waals surface area (Å²) in [6.45, 7) is 3.37. The third kappa shape index (κ3) is 3.58. The van der Waals surface area contributed by atoms with E-state index in [1.165, 1.54) is 12.1 Å². The van der Waals surface area contributed by atoms with Gasteiger partial charge in [0.25, 0.3) is 0 Å². The molecule has 0 radical (unpaired) electrons. The second kappa shape index (κ2) is 6.53. The number of carbonyl (C=O) groups is 1. The van der Waals surface area contributed by atoms with E-state index in [-0.39, 0.29) is 24.2 Å². The molecule has 0 spiro atoms. The van der Waals surface area contributed by atoms with Crippen LogP contribution in [-0.2, 0) is 11.3 Å². The van der Waals surface area contributed by atoms with Gasteiger partial charge in [-0.1, -0.05) is 18.8 Å². The van der Waals surface area contributed by atoms with Crippen molar-refractivity contribution in [3.8, 4) is 11.8 Å². The Kier molecular flexibility index (Phi) is 4.75. The minimum atomic E-state index is -0.332. The second-order valence-corrected chi connectivity index (χ2v) is 5.16. The highest BCUT2D eigenvalue weighted by Crippen LogP contribution is 2.20. The molecule has 1 aliphatic rings. The highest BCUT2D eigenvalue weighted by atomic mass is 19.1. The Hall–Kier alpha value is -1.86. The minimum absolute atomic E-state index is 0.0637. The van der Waals surface area contributed by atoms with Crippen molar-refractivity contribution in [2.75, 3.05) is 13.1 Å². The largest absolute Gasteiger partial charge is 0.338 e. The molecule has 0 bridgehead atoms. The summed E-state index contributed by atoms with van der Waals surface area (Å²) < 4.78 is 13.6. The monoisotopic (exact) mass is 274 g/mol. The summed E-state index contributed by atoms with van der Waals surface area (Å²) in [5, 5.41) is 0. The first-order valence-electron chi connectivity index (χ1n) is 6.87. The summed E-state index contributed by atoms with van der Waals surface area (Å²) in [5.74, 6) is 5.41. The average molecular weight is 274 g/mol. The molecule has 1 aliphatic heterocycles. The SMILES string of the molecule is CC1CCCN(Cc2cc(F)cc(C#CCN)c2)C1=O. The average Bonchev–Trinajstić information content (AvgIpc) is 2.41. The lowest BCUT2D eigenvalue weighted by atomic mass is 9.98. The Labute approximate surface area is 119 Å². The van der Waals surface area contributed by atoms with E-state index in [1.54, 1.807) is 4.90 Å². The van der Waals surface area contributed by atoms with Gasteiger partial charge in [-0.3, -0.25) is 4.79 Å². The first kappa shape index (κ1) is 14.5. The van der Waals surface area contributed by atoms with Gasteiger partial charge in [0.1, 0.15) is 5.82 Å². The zero-order valence-electron chi connectivity index (χ0n) is 11.7. The van der Waals surface area contributed by atoms with E-state index in [0.717, 1.165) is 24.9 Å². The number of hydrogen-bond acceptors (Lipinski definition) is 2. The molecule has 1 heterocycles. The van der Waals surface area contributed by atoms with E-state index < -0.39 is 0 Å². The quantitative estimate of drug-likeness (QED) is 0.837. The van der Waals surface area contributed by atoms with Crippen LogP contribution in [0.2, 0.25) is 0 Å². The first-order chi connectivity index (χ1) is 9.60. The predicted molar refractivity (Wildman–Crippen MR) is 76.1 cm³/mol. The van der Waals surface area contributed by atoms with Crippen LogP contribution in [0, 0.1) is 23.6 Å². The molecule has 20 heavy (non-hydrogen) atoms. The molecular weight excluding hydrogens is 255 g/mol. The number of halogens is 1. The lowest BCUT2D eigenvalue weighted by molar-refractivity contribution is -0.138. The maximum absolute atomic E-state index is 13.6. The molecular formula is C16H19FN2O. The van der Waals surface area contributed by atoms with Crippen molar-refractivity contribution in [1.82, 2.24) is 4.90 Å². The van der Waals surface area contributed by atoms with Crippen molar-refractivity contribution in [2.45, 2.75) is 26.3 Å². The van der Waals surface area contributed by atoms with Gasteiger partial charge in [-0.2, -0.15) is 0 Å². The highest BCUT2D eigenvalue weighted by Gasteiger charge is 2.25. The Morgan fingerprint density at radius 3 is 3.00 bits per heavy atom. The number of likely N-dealkylation sites (tertiary alicyclic amines) is 1. The van der Waals surface area contributed by atoms with E-state index in [2.05, 4.69) is 11.8 Å². The fraction of sp³-hybridized carbons (Fsp3) is 0.438. The zero-order chi connectivity index (χ0) is 14.5. The summed E-state index contributed by atoms with van der Waals surface area (Å²) >= 11 is 0. The number of hydrogen-bond donors (Lipinski definition) is 1. The summed E-state index contributed by atoms with van der Waals surface area (Å²) in [7, 11) is 0. The fourth-order valence-corrected chi connectivity index (χ4v) is 2.48. The predicted octanol–water partition coefficient (Wildman–Crippen LogP) is 1.89. The standard InChI is InChI=1S/C16H19FN2O/c1-12-4-3-7-19(16(12)20)11-14-8-13(5-2-6-18)9-15(17)10-14/h8-10,12H,3-4,6-7,11,18H2,1H3.